The summed E-state index contributed by atoms with van der Waals surface area (Å²) in [5.41, 5.74) is 0.923. The third-order valence-electron chi connectivity index (χ3n) is 4.56. The van der Waals surface area contributed by atoms with E-state index >= 15 is 0 Å². The van der Waals surface area contributed by atoms with E-state index in [-0.39, 0.29) is 0 Å². The number of ether oxygens (including phenoxy) is 1. The Hall–Kier alpha value is -0.690. The van der Waals surface area contributed by atoms with E-state index in [0.717, 1.165) is 54.7 Å². The van der Waals surface area contributed by atoms with Crippen LogP contribution in [0.1, 0.15) is 18.9 Å². The smallest absolute Gasteiger partial charge is 0.146 e. The summed E-state index contributed by atoms with van der Waals surface area (Å²) < 4.78 is 8.63. The van der Waals surface area contributed by atoms with Crippen LogP contribution in [0.5, 0.6) is 0 Å². The summed E-state index contributed by atoms with van der Waals surface area (Å²) in [4.78, 5) is 11.0. The molecule has 7 heteroatoms. The molecule has 112 valence electrons. The van der Waals surface area contributed by atoms with Crippen LogP contribution in [-0.2, 0) is 4.74 Å². The van der Waals surface area contributed by atoms with Crippen LogP contribution in [0.15, 0.2) is 17.0 Å². The Morgan fingerprint density at radius 2 is 1.95 bits per heavy atom. The standard InChI is InChI=1S/C14H16BrClN4O/c15-11-7-20(14-12(11)13(16)17-8-18-14)10-5-9(6-10)19-1-3-21-4-2-19/h7-10H,1-6H2/t9-,10+. The molecule has 1 saturated carbocycles. The third kappa shape index (κ3) is 2.38. The first-order valence-corrected chi connectivity index (χ1v) is 8.39. The number of fused-ring (bicyclic) bond motifs is 1. The lowest BCUT2D eigenvalue weighted by molar-refractivity contribution is -0.0142. The summed E-state index contributed by atoms with van der Waals surface area (Å²) in [6.45, 7) is 3.84. The Morgan fingerprint density at radius 3 is 2.71 bits per heavy atom. The van der Waals surface area contributed by atoms with Crippen molar-refractivity contribution in [3.63, 3.8) is 0 Å². The Kier molecular flexibility index (Phi) is 3.65. The average Bonchev–Trinajstić information content (AvgIpc) is 2.77. The zero-order valence-electron chi connectivity index (χ0n) is 11.5. The van der Waals surface area contributed by atoms with Gasteiger partial charge in [0.05, 0.1) is 18.6 Å². The van der Waals surface area contributed by atoms with E-state index in [0.29, 0.717) is 17.2 Å². The number of rotatable bonds is 2. The molecule has 0 radical (unpaired) electrons. The molecule has 21 heavy (non-hydrogen) atoms. The van der Waals surface area contributed by atoms with Crippen LogP contribution in [0, 0.1) is 0 Å². The molecule has 2 aromatic rings. The predicted molar refractivity (Wildman–Crippen MR) is 84.7 cm³/mol. The maximum absolute atomic E-state index is 6.18. The molecular formula is C14H16BrClN4O. The van der Waals surface area contributed by atoms with Crippen molar-refractivity contribution in [1.29, 1.82) is 0 Å². The first-order chi connectivity index (χ1) is 10.2. The van der Waals surface area contributed by atoms with E-state index in [2.05, 4.69) is 41.6 Å². The van der Waals surface area contributed by atoms with Crippen molar-refractivity contribution in [3.05, 3.63) is 22.1 Å². The second-order valence-corrected chi connectivity index (χ2v) is 6.89. The minimum Gasteiger partial charge on any atom is -0.379 e. The van der Waals surface area contributed by atoms with Crippen molar-refractivity contribution < 1.29 is 4.74 Å². The van der Waals surface area contributed by atoms with Gasteiger partial charge >= 0.3 is 0 Å². The molecule has 2 fully saturated rings. The van der Waals surface area contributed by atoms with Crippen LogP contribution in [-0.4, -0.2) is 51.8 Å². The molecule has 1 aliphatic heterocycles. The Bertz CT molecular complexity index is 664. The average molecular weight is 372 g/mol. The molecule has 1 aliphatic carbocycles. The summed E-state index contributed by atoms with van der Waals surface area (Å²) in [7, 11) is 0. The molecule has 0 amide bonds. The molecule has 4 rings (SSSR count). The number of nitrogens with zero attached hydrogens (tertiary/aromatic N) is 4. The second-order valence-electron chi connectivity index (χ2n) is 5.67. The SMILES string of the molecule is Clc1ncnc2c1c(Br)cn2[C@H]1C[C@@H](N2CCOCC2)C1. The Morgan fingerprint density at radius 1 is 1.19 bits per heavy atom. The Labute approximate surface area is 136 Å². The highest BCUT2D eigenvalue weighted by Gasteiger charge is 2.36. The van der Waals surface area contributed by atoms with E-state index in [1.807, 2.05) is 0 Å². The largest absolute Gasteiger partial charge is 0.379 e. The maximum atomic E-state index is 6.18. The van der Waals surface area contributed by atoms with Crippen LogP contribution in [0.25, 0.3) is 11.0 Å². The molecule has 0 bridgehead atoms. The summed E-state index contributed by atoms with van der Waals surface area (Å²) in [6.07, 6.45) is 5.95. The van der Waals surface area contributed by atoms with Gasteiger partial charge in [0.2, 0.25) is 0 Å². The van der Waals surface area contributed by atoms with Gasteiger partial charge < -0.3 is 9.30 Å². The van der Waals surface area contributed by atoms with Gasteiger partial charge in [-0.3, -0.25) is 4.90 Å². The first kappa shape index (κ1) is 13.9. The van der Waals surface area contributed by atoms with E-state index in [1.54, 1.807) is 0 Å². The zero-order valence-corrected chi connectivity index (χ0v) is 13.8. The monoisotopic (exact) mass is 370 g/mol. The first-order valence-electron chi connectivity index (χ1n) is 7.22. The molecule has 5 nitrogen and oxygen atoms in total. The number of hydrogen-bond acceptors (Lipinski definition) is 4. The summed E-state index contributed by atoms with van der Waals surface area (Å²) in [5, 5.41) is 1.42. The van der Waals surface area contributed by atoms with Crippen LogP contribution in [0.2, 0.25) is 5.15 Å². The summed E-state index contributed by atoms with van der Waals surface area (Å²) >= 11 is 9.75. The highest BCUT2D eigenvalue weighted by molar-refractivity contribution is 9.10. The fourth-order valence-corrected chi connectivity index (χ4v) is 4.24. The number of halogens is 2. The van der Waals surface area contributed by atoms with Gasteiger partial charge in [0, 0.05) is 35.8 Å². The van der Waals surface area contributed by atoms with E-state index in [9.17, 15) is 0 Å². The quantitative estimate of drug-likeness (QED) is 0.761. The fraction of sp³-hybridized carbons (Fsp3) is 0.571. The van der Waals surface area contributed by atoms with E-state index in [4.69, 9.17) is 16.3 Å². The molecule has 2 aromatic heterocycles. The highest BCUT2D eigenvalue weighted by atomic mass is 79.9. The van der Waals surface area contributed by atoms with Gasteiger partial charge in [-0.1, -0.05) is 11.6 Å². The van der Waals surface area contributed by atoms with E-state index in [1.165, 1.54) is 6.33 Å². The second kappa shape index (κ2) is 5.50. The molecule has 0 unspecified atom stereocenters. The van der Waals surface area contributed by atoms with Crippen molar-refractivity contribution in [3.8, 4) is 0 Å². The fourth-order valence-electron chi connectivity index (χ4n) is 3.31. The lowest BCUT2D eigenvalue weighted by Crippen LogP contribution is -2.49. The molecular weight excluding hydrogens is 356 g/mol. The third-order valence-corrected chi connectivity index (χ3v) is 5.45. The van der Waals surface area contributed by atoms with Crippen molar-refractivity contribution in [2.45, 2.75) is 24.9 Å². The number of morpholine rings is 1. The van der Waals surface area contributed by atoms with Crippen molar-refractivity contribution in [1.82, 2.24) is 19.4 Å². The minimum atomic E-state index is 0.498. The summed E-state index contributed by atoms with van der Waals surface area (Å²) in [5.74, 6) is 0. The van der Waals surface area contributed by atoms with Gasteiger partial charge in [0.1, 0.15) is 17.1 Å². The van der Waals surface area contributed by atoms with Gasteiger partial charge in [-0.2, -0.15) is 0 Å². The van der Waals surface area contributed by atoms with Gasteiger partial charge in [0.15, 0.2) is 0 Å². The number of hydrogen-bond donors (Lipinski definition) is 0. The van der Waals surface area contributed by atoms with Gasteiger partial charge in [0.25, 0.3) is 0 Å². The van der Waals surface area contributed by atoms with E-state index < -0.39 is 0 Å². The maximum Gasteiger partial charge on any atom is 0.146 e. The number of aromatic nitrogens is 3. The highest BCUT2D eigenvalue weighted by Crippen LogP contribution is 2.40. The van der Waals surface area contributed by atoms with Crippen molar-refractivity contribution >= 4 is 38.6 Å². The van der Waals surface area contributed by atoms with Crippen LogP contribution in [0.4, 0.5) is 0 Å². The van der Waals surface area contributed by atoms with Gasteiger partial charge in [-0.15, -0.1) is 0 Å². The zero-order chi connectivity index (χ0) is 14.4. The molecule has 0 spiro atoms. The topological polar surface area (TPSA) is 43.2 Å². The molecule has 3 heterocycles. The van der Waals surface area contributed by atoms with Gasteiger partial charge in [-0.25, -0.2) is 9.97 Å². The summed E-state index contributed by atoms with van der Waals surface area (Å²) in [6, 6.07) is 1.17. The van der Waals surface area contributed by atoms with Gasteiger partial charge in [-0.05, 0) is 28.8 Å². The van der Waals surface area contributed by atoms with Crippen molar-refractivity contribution in [2.24, 2.45) is 0 Å². The molecule has 0 aromatic carbocycles. The predicted octanol–water partition coefficient (Wildman–Crippen LogP) is 2.88. The molecule has 0 atom stereocenters. The van der Waals surface area contributed by atoms with Crippen LogP contribution in [0.3, 0.4) is 0 Å². The van der Waals surface area contributed by atoms with Crippen LogP contribution >= 0.6 is 27.5 Å². The van der Waals surface area contributed by atoms with Crippen LogP contribution < -0.4 is 0 Å². The van der Waals surface area contributed by atoms with Crippen molar-refractivity contribution in [2.75, 3.05) is 26.3 Å². The lowest BCUT2D eigenvalue weighted by atomic mass is 9.85. The molecule has 0 N–H and O–H groups in total. The molecule has 2 aliphatic rings. The normalized spacial score (nSPS) is 27.0. The molecule has 1 saturated heterocycles. The lowest BCUT2D eigenvalue weighted by Gasteiger charge is -2.44. The minimum absolute atomic E-state index is 0.498. The Balaban J connectivity index is 1.55.